The lowest BCUT2D eigenvalue weighted by atomic mass is 9.52. The summed E-state index contributed by atoms with van der Waals surface area (Å²) < 4.78 is 7.90. The quantitative estimate of drug-likeness (QED) is 0.329. The van der Waals surface area contributed by atoms with Crippen molar-refractivity contribution in [3.05, 3.63) is 83.9 Å². The Labute approximate surface area is 225 Å². The van der Waals surface area contributed by atoms with Crippen molar-refractivity contribution in [3.8, 4) is 17.6 Å². The van der Waals surface area contributed by atoms with E-state index in [9.17, 15) is 9.90 Å². The minimum atomic E-state index is -0.897. The number of ether oxygens (including phenoxy) is 1. The predicted molar refractivity (Wildman–Crippen MR) is 148 cm³/mol. The Bertz CT molecular complexity index is 1290. The zero-order chi connectivity index (χ0) is 26.4. The third-order valence-electron chi connectivity index (χ3n) is 8.29. The third-order valence-corrected chi connectivity index (χ3v) is 8.29. The zero-order valence-corrected chi connectivity index (χ0v) is 22.2. The first-order valence-electron chi connectivity index (χ1n) is 13.7. The molecule has 2 aromatic carbocycles. The second kappa shape index (κ2) is 11.4. The maximum Gasteiger partial charge on any atom is 0.257 e. The van der Waals surface area contributed by atoms with Crippen molar-refractivity contribution in [2.24, 2.45) is 5.92 Å². The van der Waals surface area contributed by atoms with Crippen LogP contribution in [0.2, 0.25) is 0 Å². The second-order valence-corrected chi connectivity index (χ2v) is 10.8. The van der Waals surface area contributed by atoms with Crippen LogP contribution in [0.3, 0.4) is 0 Å². The molecule has 1 amide bonds. The second-order valence-electron chi connectivity index (χ2n) is 10.8. The normalized spacial score (nSPS) is 23.9. The topological polar surface area (TPSA) is 76.4 Å². The van der Waals surface area contributed by atoms with Gasteiger partial charge >= 0.3 is 0 Å². The van der Waals surface area contributed by atoms with Crippen LogP contribution in [0.15, 0.2) is 67.3 Å². The number of rotatable bonds is 9. The molecule has 0 saturated heterocycles. The van der Waals surface area contributed by atoms with Gasteiger partial charge in [-0.3, -0.25) is 4.79 Å². The van der Waals surface area contributed by atoms with Gasteiger partial charge in [0.15, 0.2) is 6.61 Å². The number of aryl methyl sites for hydroxylation is 2. The third kappa shape index (κ3) is 5.79. The van der Waals surface area contributed by atoms with Crippen molar-refractivity contribution in [2.75, 3.05) is 13.2 Å². The molecule has 198 valence electrons. The lowest BCUT2D eigenvalue weighted by molar-refractivity contribution is -0.123. The highest BCUT2D eigenvalue weighted by Crippen LogP contribution is 2.54. The van der Waals surface area contributed by atoms with Gasteiger partial charge in [-0.1, -0.05) is 42.3 Å². The number of nitrogens with zero attached hydrogens (tertiary/aromatic N) is 2. The highest BCUT2D eigenvalue weighted by molar-refractivity contribution is 5.77. The molecule has 5 rings (SSSR count). The number of aromatic nitrogens is 2. The molecule has 0 radical (unpaired) electrons. The molecular formula is C32H37N3O3. The van der Waals surface area contributed by atoms with Gasteiger partial charge in [-0.25, -0.2) is 4.98 Å². The average molecular weight is 512 g/mol. The SMILES string of the molecule is CC#C[C@@]1(O)CC[C@@]2(Cc3ccccc3)c3ccc(OCC(=O)NCCCn4ccnc4)cc3CC[C@@H]2C1. The van der Waals surface area contributed by atoms with Gasteiger partial charge in [0.2, 0.25) is 0 Å². The van der Waals surface area contributed by atoms with Gasteiger partial charge in [-0.05, 0) is 86.6 Å². The van der Waals surface area contributed by atoms with Crippen molar-refractivity contribution in [1.82, 2.24) is 14.9 Å². The molecule has 0 unspecified atom stereocenters. The molecule has 3 atom stereocenters. The van der Waals surface area contributed by atoms with E-state index in [-0.39, 0.29) is 17.9 Å². The van der Waals surface area contributed by atoms with E-state index < -0.39 is 5.60 Å². The highest BCUT2D eigenvalue weighted by atomic mass is 16.5. The number of nitrogens with one attached hydrogen (secondary N) is 1. The molecule has 38 heavy (non-hydrogen) atoms. The molecule has 6 heteroatoms. The van der Waals surface area contributed by atoms with E-state index in [2.05, 4.69) is 64.6 Å². The van der Waals surface area contributed by atoms with E-state index in [1.165, 1.54) is 16.7 Å². The Hall–Kier alpha value is -3.56. The largest absolute Gasteiger partial charge is 0.484 e. The van der Waals surface area contributed by atoms with Crippen LogP contribution in [0.4, 0.5) is 0 Å². The Morgan fingerprint density at radius 1 is 1.24 bits per heavy atom. The molecule has 2 aliphatic carbocycles. The maximum atomic E-state index is 12.3. The number of hydrogen-bond acceptors (Lipinski definition) is 4. The first-order valence-corrected chi connectivity index (χ1v) is 13.7. The molecule has 1 aromatic heterocycles. The monoisotopic (exact) mass is 511 g/mol. The summed E-state index contributed by atoms with van der Waals surface area (Å²) in [5, 5.41) is 14.1. The predicted octanol–water partition coefficient (Wildman–Crippen LogP) is 4.45. The van der Waals surface area contributed by atoms with E-state index in [4.69, 9.17) is 4.74 Å². The molecule has 0 spiro atoms. The van der Waals surface area contributed by atoms with E-state index in [1.54, 1.807) is 12.5 Å². The summed E-state index contributed by atoms with van der Waals surface area (Å²) in [6.45, 7) is 3.23. The maximum absolute atomic E-state index is 12.3. The molecule has 0 aliphatic heterocycles. The van der Waals surface area contributed by atoms with E-state index >= 15 is 0 Å². The summed E-state index contributed by atoms with van der Waals surface area (Å²) in [5.41, 5.74) is 3.04. The molecular weight excluding hydrogens is 474 g/mol. The van der Waals surface area contributed by atoms with Crippen molar-refractivity contribution in [2.45, 2.75) is 69.4 Å². The number of amides is 1. The molecule has 2 N–H and O–H groups in total. The fourth-order valence-corrected chi connectivity index (χ4v) is 6.50. The van der Waals surface area contributed by atoms with Crippen molar-refractivity contribution in [3.63, 3.8) is 0 Å². The zero-order valence-electron chi connectivity index (χ0n) is 22.2. The van der Waals surface area contributed by atoms with E-state index in [1.807, 2.05) is 23.8 Å². The highest BCUT2D eigenvalue weighted by Gasteiger charge is 2.51. The first-order chi connectivity index (χ1) is 18.5. The van der Waals surface area contributed by atoms with Gasteiger partial charge in [-0.15, -0.1) is 5.92 Å². The van der Waals surface area contributed by atoms with Crippen LogP contribution < -0.4 is 10.1 Å². The Morgan fingerprint density at radius 2 is 2.11 bits per heavy atom. The van der Waals surface area contributed by atoms with E-state index in [0.29, 0.717) is 25.3 Å². The van der Waals surface area contributed by atoms with Crippen LogP contribution in [-0.2, 0) is 29.6 Å². The Balaban J connectivity index is 1.27. The number of imidazole rings is 1. The number of hydrogen-bond donors (Lipinski definition) is 2. The van der Waals surface area contributed by atoms with Gasteiger partial charge < -0.3 is 19.7 Å². The molecule has 6 nitrogen and oxygen atoms in total. The molecule has 0 bridgehead atoms. The van der Waals surface area contributed by atoms with Crippen LogP contribution >= 0.6 is 0 Å². The van der Waals surface area contributed by atoms with Crippen molar-refractivity contribution >= 4 is 5.91 Å². The smallest absolute Gasteiger partial charge is 0.257 e. The fourth-order valence-electron chi connectivity index (χ4n) is 6.50. The van der Waals surface area contributed by atoms with E-state index in [0.717, 1.165) is 44.4 Å². The standard InChI is InChI=1S/C32H37N3O3/c1-2-13-31(37)14-15-32(21-25-7-4-3-5-8-25)27(22-31)10-9-26-20-28(11-12-29(26)32)38-23-30(36)34-16-6-18-35-19-17-33-24-35/h3-5,7-8,11-12,17,19-20,24,27,37H,6,9-10,14-16,18,21-23H2,1H3,(H,34,36)/t27-,31-,32+/m1/s1. The van der Waals surface area contributed by atoms with Gasteiger partial charge in [0.25, 0.3) is 5.91 Å². The molecule has 1 heterocycles. The number of benzene rings is 2. The van der Waals surface area contributed by atoms with Crippen molar-refractivity contribution < 1.29 is 14.6 Å². The fraction of sp³-hybridized carbons (Fsp3) is 0.438. The van der Waals surface area contributed by atoms with Gasteiger partial charge in [0.05, 0.1) is 6.33 Å². The Morgan fingerprint density at radius 3 is 2.89 bits per heavy atom. The lowest BCUT2D eigenvalue weighted by Crippen LogP contribution is -2.50. The van der Waals surface area contributed by atoms with Gasteiger partial charge in [0, 0.05) is 30.9 Å². The van der Waals surface area contributed by atoms with Gasteiger partial charge in [-0.2, -0.15) is 0 Å². The molecule has 3 aromatic rings. The average Bonchev–Trinajstić information content (AvgIpc) is 3.45. The Kier molecular flexibility index (Phi) is 7.85. The van der Waals surface area contributed by atoms with Crippen LogP contribution in [-0.4, -0.2) is 39.3 Å². The molecule has 1 fully saturated rings. The van der Waals surface area contributed by atoms with Gasteiger partial charge in [0.1, 0.15) is 11.4 Å². The summed E-state index contributed by atoms with van der Waals surface area (Å²) in [4.78, 5) is 16.4. The number of carbonyl (C=O) groups excluding carboxylic acids is 1. The number of carbonyl (C=O) groups is 1. The van der Waals surface area contributed by atoms with Crippen LogP contribution in [0.25, 0.3) is 0 Å². The molecule has 2 aliphatic rings. The number of fused-ring (bicyclic) bond motifs is 3. The summed E-state index contributed by atoms with van der Waals surface area (Å²) >= 11 is 0. The summed E-state index contributed by atoms with van der Waals surface area (Å²) in [6, 6.07) is 17.0. The number of aliphatic hydroxyl groups is 1. The molecule has 1 saturated carbocycles. The van der Waals surface area contributed by atoms with Crippen LogP contribution in [0, 0.1) is 17.8 Å². The van der Waals surface area contributed by atoms with Crippen LogP contribution in [0.5, 0.6) is 5.75 Å². The summed E-state index contributed by atoms with van der Waals surface area (Å²) in [5.74, 6) is 7.03. The summed E-state index contributed by atoms with van der Waals surface area (Å²) in [7, 11) is 0. The summed E-state index contributed by atoms with van der Waals surface area (Å²) in [6.07, 6.45) is 11.5. The minimum absolute atomic E-state index is 0.00433. The lowest BCUT2D eigenvalue weighted by Gasteiger charge is -2.52. The minimum Gasteiger partial charge on any atom is -0.484 e. The van der Waals surface area contributed by atoms with Crippen molar-refractivity contribution in [1.29, 1.82) is 0 Å². The first kappa shape index (κ1) is 26.1. The van der Waals surface area contributed by atoms with Crippen LogP contribution in [0.1, 0.15) is 55.7 Å².